The molecule has 1 aliphatic rings. The number of imidazole rings is 1. The van der Waals surface area contributed by atoms with Crippen molar-refractivity contribution in [3.05, 3.63) is 53.4 Å². The van der Waals surface area contributed by atoms with E-state index in [1.54, 1.807) is 30.1 Å². The van der Waals surface area contributed by atoms with Crippen LogP contribution in [0.15, 0.2) is 42.8 Å². The van der Waals surface area contributed by atoms with Gasteiger partial charge in [-0.25, -0.2) is 9.97 Å². The second kappa shape index (κ2) is 6.55. The van der Waals surface area contributed by atoms with Gasteiger partial charge >= 0.3 is 0 Å². The topological polar surface area (TPSA) is 59.7 Å². The summed E-state index contributed by atoms with van der Waals surface area (Å²) in [7, 11) is 0. The Bertz CT molecular complexity index is 740. The van der Waals surface area contributed by atoms with Gasteiger partial charge in [0.1, 0.15) is 6.33 Å². The van der Waals surface area contributed by atoms with Crippen molar-refractivity contribution in [2.24, 2.45) is 0 Å². The summed E-state index contributed by atoms with van der Waals surface area (Å²) in [4.78, 5) is 21.2. The van der Waals surface area contributed by atoms with Crippen molar-refractivity contribution in [2.75, 3.05) is 13.1 Å². The van der Waals surface area contributed by atoms with Crippen LogP contribution in [0.3, 0.4) is 0 Å². The van der Waals surface area contributed by atoms with Crippen molar-refractivity contribution in [3.8, 4) is 5.82 Å². The van der Waals surface area contributed by atoms with Crippen LogP contribution in [-0.4, -0.2) is 42.5 Å². The molecule has 0 N–H and O–H groups in total. The summed E-state index contributed by atoms with van der Waals surface area (Å²) in [6.45, 7) is 3.15. The predicted molar refractivity (Wildman–Crippen MR) is 88.5 cm³/mol. The number of hydrogen-bond donors (Lipinski definition) is 0. The lowest BCUT2D eigenvalue weighted by atomic mass is 9.95. The first-order valence-corrected chi connectivity index (χ1v) is 8.66. The summed E-state index contributed by atoms with van der Waals surface area (Å²) in [5.41, 5.74) is 2.97. The molecule has 0 bridgehead atoms. The van der Waals surface area contributed by atoms with Gasteiger partial charge in [-0.3, -0.25) is 19.4 Å². The van der Waals surface area contributed by atoms with E-state index >= 15 is 0 Å². The average Bonchev–Trinajstić information content (AvgIpc) is 3.29. The normalized spacial score (nSPS) is 19.0. The molecule has 3 aromatic rings. The van der Waals surface area contributed by atoms with E-state index in [9.17, 15) is 0 Å². The zero-order chi connectivity index (χ0) is 15.5. The largest absolute Gasteiger partial charge is 0.298 e. The van der Waals surface area contributed by atoms with Crippen LogP contribution in [-0.2, 0) is 6.54 Å². The maximum Gasteiger partial charge on any atom is 0.156 e. The van der Waals surface area contributed by atoms with Gasteiger partial charge in [-0.1, -0.05) is 0 Å². The van der Waals surface area contributed by atoms with Crippen molar-refractivity contribution in [3.63, 3.8) is 0 Å². The lowest BCUT2D eigenvalue weighted by molar-refractivity contribution is 0.200. The van der Waals surface area contributed by atoms with Gasteiger partial charge in [-0.15, -0.1) is 11.3 Å². The van der Waals surface area contributed by atoms with E-state index in [0.717, 1.165) is 31.1 Å². The van der Waals surface area contributed by atoms with Crippen LogP contribution >= 0.6 is 11.3 Å². The monoisotopic (exact) mass is 326 g/mol. The maximum atomic E-state index is 4.79. The van der Waals surface area contributed by atoms with E-state index in [4.69, 9.17) is 4.98 Å². The fourth-order valence-electron chi connectivity index (χ4n) is 3.07. The molecule has 1 saturated heterocycles. The highest BCUT2D eigenvalue weighted by Crippen LogP contribution is 2.27. The third kappa shape index (κ3) is 3.30. The first-order chi connectivity index (χ1) is 11.4. The smallest absolute Gasteiger partial charge is 0.156 e. The number of rotatable bonds is 4. The fourth-order valence-corrected chi connectivity index (χ4v) is 3.70. The highest BCUT2D eigenvalue weighted by atomic mass is 32.1. The van der Waals surface area contributed by atoms with Crippen molar-refractivity contribution < 1.29 is 0 Å². The molecule has 1 aliphatic heterocycles. The summed E-state index contributed by atoms with van der Waals surface area (Å²) in [6.07, 6.45) is 13.4. The van der Waals surface area contributed by atoms with Crippen molar-refractivity contribution in [2.45, 2.75) is 25.3 Å². The Morgan fingerprint density at radius 3 is 3.00 bits per heavy atom. The molecule has 118 valence electrons. The van der Waals surface area contributed by atoms with E-state index < -0.39 is 0 Å². The molecule has 4 heterocycles. The molecule has 23 heavy (non-hydrogen) atoms. The fraction of sp³-hybridized carbons (Fsp3) is 0.375. The van der Waals surface area contributed by atoms with Gasteiger partial charge in [0.2, 0.25) is 0 Å². The first-order valence-electron chi connectivity index (χ1n) is 7.78. The predicted octanol–water partition coefficient (Wildman–Crippen LogP) is 2.50. The van der Waals surface area contributed by atoms with Crippen LogP contribution in [0.1, 0.15) is 29.3 Å². The van der Waals surface area contributed by atoms with Crippen LogP contribution in [0, 0.1) is 0 Å². The number of likely N-dealkylation sites (tertiary alicyclic amines) is 1. The summed E-state index contributed by atoms with van der Waals surface area (Å²) in [5.74, 6) is 1.27. The molecular formula is C16H18N6S. The number of thiazole rings is 1. The molecule has 0 saturated carbocycles. The molecule has 0 radical (unpaired) electrons. The summed E-state index contributed by atoms with van der Waals surface area (Å²) < 4.78 is 1.90. The number of aromatic nitrogens is 5. The van der Waals surface area contributed by atoms with Crippen molar-refractivity contribution in [1.29, 1.82) is 0 Å². The molecule has 0 aliphatic carbocycles. The lowest BCUT2D eigenvalue weighted by Gasteiger charge is -2.32. The molecule has 0 aromatic carbocycles. The molecule has 1 fully saturated rings. The van der Waals surface area contributed by atoms with E-state index in [-0.39, 0.29) is 0 Å². The lowest BCUT2D eigenvalue weighted by Crippen LogP contribution is -2.34. The first kappa shape index (κ1) is 14.5. The minimum atomic E-state index is 0.438. The minimum absolute atomic E-state index is 0.438. The Morgan fingerprint density at radius 1 is 1.17 bits per heavy atom. The number of nitrogens with zero attached hydrogens (tertiary/aromatic N) is 6. The minimum Gasteiger partial charge on any atom is -0.298 e. The summed E-state index contributed by atoms with van der Waals surface area (Å²) in [5, 5.41) is 0. The third-order valence-electron chi connectivity index (χ3n) is 4.20. The summed E-state index contributed by atoms with van der Waals surface area (Å²) in [6, 6.07) is 0. The third-order valence-corrected chi connectivity index (χ3v) is 4.96. The molecule has 7 heteroatoms. The van der Waals surface area contributed by atoms with E-state index in [2.05, 4.69) is 19.9 Å². The number of hydrogen-bond acceptors (Lipinski definition) is 6. The molecule has 3 aromatic heterocycles. The van der Waals surface area contributed by atoms with Crippen LogP contribution in [0.5, 0.6) is 0 Å². The molecule has 1 atom stereocenters. The van der Waals surface area contributed by atoms with Gasteiger partial charge in [0, 0.05) is 48.7 Å². The standard InChI is InChI=1S/C16H18N6S/c1-2-13(9-21(4-1)10-14-6-19-12-23-14)15-7-18-8-16(20-15)22-5-3-17-11-22/h3,5-8,11-13H,1-2,4,9-10H2. The van der Waals surface area contributed by atoms with Gasteiger partial charge in [-0.05, 0) is 19.4 Å². The Balaban J connectivity index is 1.50. The second-order valence-corrected chi connectivity index (χ2v) is 6.79. The Morgan fingerprint density at radius 2 is 2.17 bits per heavy atom. The molecule has 1 unspecified atom stereocenters. The van der Waals surface area contributed by atoms with Gasteiger partial charge in [0.15, 0.2) is 5.82 Å². The highest BCUT2D eigenvalue weighted by Gasteiger charge is 2.23. The zero-order valence-corrected chi connectivity index (χ0v) is 13.6. The molecule has 0 amide bonds. The molecule has 4 rings (SSSR count). The van der Waals surface area contributed by atoms with E-state index in [1.165, 1.54) is 17.7 Å². The Kier molecular flexibility index (Phi) is 4.12. The Labute approximate surface area is 138 Å². The van der Waals surface area contributed by atoms with Gasteiger partial charge < -0.3 is 0 Å². The quantitative estimate of drug-likeness (QED) is 0.737. The zero-order valence-electron chi connectivity index (χ0n) is 12.7. The maximum absolute atomic E-state index is 4.79. The molecule has 0 spiro atoms. The van der Waals surface area contributed by atoms with Crippen LogP contribution in [0.25, 0.3) is 5.82 Å². The highest BCUT2D eigenvalue weighted by molar-refractivity contribution is 7.09. The number of piperidine rings is 1. The molecular weight excluding hydrogens is 308 g/mol. The summed E-state index contributed by atoms with van der Waals surface area (Å²) >= 11 is 1.72. The van der Waals surface area contributed by atoms with Crippen LogP contribution in [0.2, 0.25) is 0 Å². The van der Waals surface area contributed by atoms with Crippen molar-refractivity contribution >= 4 is 11.3 Å². The van der Waals surface area contributed by atoms with E-state index in [1.807, 2.05) is 28.7 Å². The van der Waals surface area contributed by atoms with Crippen LogP contribution in [0.4, 0.5) is 0 Å². The SMILES string of the molecule is c1cn(-c2cncc(C3CCCN(Cc4cncs4)C3)n2)cn1. The van der Waals surface area contributed by atoms with Gasteiger partial charge in [-0.2, -0.15) is 0 Å². The van der Waals surface area contributed by atoms with Crippen LogP contribution < -0.4 is 0 Å². The van der Waals surface area contributed by atoms with Gasteiger partial charge in [0.25, 0.3) is 0 Å². The second-order valence-electron chi connectivity index (χ2n) is 5.81. The molecule has 6 nitrogen and oxygen atoms in total. The Hall–Kier alpha value is -2.12. The van der Waals surface area contributed by atoms with E-state index in [0.29, 0.717) is 5.92 Å². The van der Waals surface area contributed by atoms with Gasteiger partial charge in [0.05, 0.1) is 17.4 Å². The average molecular weight is 326 g/mol. The van der Waals surface area contributed by atoms with Crippen molar-refractivity contribution in [1.82, 2.24) is 29.4 Å².